The van der Waals surface area contributed by atoms with Crippen LogP contribution in [0.1, 0.15) is 11.1 Å². The van der Waals surface area contributed by atoms with Gasteiger partial charge in [-0.05, 0) is 11.6 Å². The summed E-state index contributed by atoms with van der Waals surface area (Å²) in [6.07, 6.45) is 8.63. The molecular formula is C24H22N2+2. The Labute approximate surface area is 154 Å². The largest absolute Gasteiger partial charge is 0.201 e. The molecule has 2 heteroatoms. The van der Waals surface area contributed by atoms with E-state index in [-0.39, 0.29) is 0 Å². The SMILES string of the molecule is c1ccc(C[n+]2ccc(-c3ccc[n+](Cc4ccccc4)c3)cc2)cc1. The summed E-state index contributed by atoms with van der Waals surface area (Å²) in [5.74, 6) is 0. The molecular weight excluding hydrogens is 316 g/mol. The van der Waals surface area contributed by atoms with E-state index in [9.17, 15) is 0 Å². The molecule has 0 amide bonds. The lowest BCUT2D eigenvalue weighted by Crippen LogP contribution is -2.34. The molecule has 0 unspecified atom stereocenters. The van der Waals surface area contributed by atoms with Crippen LogP contribution < -0.4 is 9.13 Å². The Morgan fingerprint density at radius 2 is 1.04 bits per heavy atom. The van der Waals surface area contributed by atoms with Crippen molar-refractivity contribution in [2.45, 2.75) is 13.1 Å². The molecule has 0 aliphatic heterocycles. The molecule has 0 fully saturated rings. The Kier molecular flexibility index (Phi) is 4.83. The first-order chi connectivity index (χ1) is 12.9. The van der Waals surface area contributed by atoms with Gasteiger partial charge in [0.05, 0.1) is 0 Å². The molecule has 126 valence electrons. The normalized spacial score (nSPS) is 10.6. The maximum absolute atomic E-state index is 2.23. The van der Waals surface area contributed by atoms with Crippen molar-refractivity contribution in [3.8, 4) is 11.1 Å². The summed E-state index contributed by atoms with van der Waals surface area (Å²) < 4.78 is 4.44. The van der Waals surface area contributed by atoms with Crippen LogP contribution in [0.2, 0.25) is 0 Å². The predicted molar refractivity (Wildman–Crippen MR) is 103 cm³/mol. The molecule has 0 saturated heterocycles. The third-order valence-corrected chi connectivity index (χ3v) is 4.50. The van der Waals surface area contributed by atoms with Crippen LogP contribution >= 0.6 is 0 Å². The van der Waals surface area contributed by atoms with Crippen LogP contribution in [0.5, 0.6) is 0 Å². The van der Waals surface area contributed by atoms with E-state index in [1.807, 2.05) is 0 Å². The van der Waals surface area contributed by atoms with Crippen molar-refractivity contribution in [2.75, 3.05) is 0 Å². The van der Waals surface area contributed by atoms with Gasteiger partial charge in [0.2, 0.25) is 0 Å². The van der Waals surface area contributed by atoms with Crippen LogP contribution in [-0.2, 0) is 13.1 Å². The van der Waals surface area contributed by atoms with Gasteiger partial charge in [0, 0.05) is 34.9 Å². The molecule has 0 spiro atoms. The molecule has 0 atom stereocenters. The Morgan fingerprint density at radius 1 is 0.462 bits per heavy atom. The summed E-state index contributed by atoms with van der Waals surface area (Å²) >= 11 is 0. The smallest absolute Gasteiger partial charge is 0.176 e. The van der Waals surface area contributed by atoms with Gasteiger partial charge >= 0.3 is 0 Å². The second kappa shape index (κ2) is 7.75. The van der Waals surface area contributed by atoms with Crippen LogP contribution in [0.4, 0.5) is 0 Å². The van der Waals surface area contributed by atoms with Crippen LogP contribution in [0.25, 0.3) is 11.1 Å². The maximum Gasteiger partial charge on any atom is 0.176 e. The number of pyridine rings is 2. The van der Waals surface area contributed by atoms with E-state index in [0.29, 0.717) is 0 Å². The molecule has 2 aromatic heterocycles. The first kappa shape index (κ1) is 16.2. The number of hydrogen-bond donors (Lipinski definition) is 0. The molecule has 4 rings (SSSR count). The zero-order chi connectivity index (χ0) is 17.6. The molecule has 2 aromatic carbocycles. The van der Waals surface area contributed by atoms with Gasteiger partial charge in [-0.25, -0.2) is 9.13 Å². The molecule has 0 aliphatic carbocycles. The monoisotopic (exact) mass is 338 g/mol. The van der Waals surface area contributed by atoms with E-state index < -0.39 is 0 Å². The summed E-state index contributed by atoms with van der Waals surface area (Å²) in [7, 11) is 0. The number of aromatic nitrogens is 2. The fourth-order valence-corrected chi connectivity index (χ4v) is 3.13. The fourth-order valence-electron chi connectivity index (χ4n) is 3.13. The lowest BCUT2D eigenvalue weighted by atomic mass is 10.1. The minimum Gasteiger partial charge on any atom is -0.201 e. The van der Waals surface area contributed by atoms with E-state index in [1.54, 1.807) is 0 Å². The highest BCUT2D eigenvalue weighted by Gasteiger charge is 2.08. The highest BCUT2D eigenvalue weighted by Crippen LogP contribution is 2.15. The summed E-state index contributed by atoms with van der Waals surface area (Å²) in [6.45, 7) is 1.78. The third kappa shape index (κ3) is 4.04. The topological polar surface area (TPSA) is 7.76 Å². The molecule has 2 heterocycles. The predicted octanol–water partition coefficient (Wildman–Crippen LogP) is 4.03. The Hall–Kier alpha value is -3.26. The van der Waals surface area contributed by atoms with Gasteiger partial charge in [0.1, 0.15) is 0 Å². The Morgan fingerprint density at radius 3 is 1.65 bits per heavy atom. The number of benzene rings is 2. The van der Waals surface area contributed by atoms with E-state index in [2.05, 4.69) is 119 Å². The lowest BCUT2D eigenvalue weighted by Gasteiger charge is -2.02. The quantitative estimate of drug-likeness (QED) is 0.486. The second-order valence-corrected chi connectivity index (χ2v) is 6.50. The highest BCUT2D eigenvalue weighted by atomic mass is 14.9. The van der Waals surface area contributed by atoms with Crippen molar-refractivity contribution in [1.82, 2.24) is 0 Å². The highest BCUT2D eigenvalue weighted by molar-refractivity contribution is 5.60. The van der Waals surface area contributed by atoms with Crippen molar-refractivity contribution in [3.05, 3.63) is 121 Å². The molecule has 4 aromatic rings. The molecule has 2 nitrogen and oxygen atoms in total. The van der Waals surface area contributed by atoms with E-state index in [1.165, 1.54) is 22.3 Å². The van der Waals surface area contributed by atoms with Crippen molar-refractivity contribution < 1.29 is 9.13 Å². The lowest BCUT2D eigenvalue weighted by molar-refractivity contribution is -0.688. The van der Waals surface area contributed by atoms with E-state index >= 15 is 0 Å². The maximum atomic E-state index is 2.23. The zero-order valence-corrected chi connectivity index (χ0v) is 14.7. The first-order valence-corrected chi connectivity index (χ1v) is 8.93. The average molecular weight is 338 g/mol. The third-order valence-electron chi connectivity index (χ3n) is 4.50. The van der Waals surface area contributed by atoms with Gasteiger partial charge < -0.3 is 0 Å². The van der Waals surface area contributed by atoms with Gasteiger partial charge in [-0.1, -0.05) is 60.7 Å². The van der Waals surface area contributed by atoms with E-state index in [4.69, 9.17) is 0 Å². The van der Waals surface area contributed by atoms with Crippen molar-refractivity contribution in [1.29, 1.82) is 0 Å². The second-order valence-electron chi connectivity index (χ2n) is 6.50. The standard InChI is InChI=1S/C24H22N2/c1-3-8-21(9-4-1)18-25-16-13-23(14-17-25)24-12-7-15-26(20-24)19-22-10-5-2-6-11-22/h1-17,20H,18-19H2/q+2. The van der Waals surface area contributed by atoms with E-state index in [0.717, 1.165) is 13.1 Å². The summed E-state index contributed by atoms with van der Waals surface area (Å²) in [6, 6.07) is 29.7. The Balaban J connectivity index is 1.51. The van der Waals surface area contributed by atoms with Crippen molar-refractivity contribution >= 4 is 0 Å². The average Bonchev–Trinajstić information content (AvgIpc) is 2.70. The van der Waals surface area contributed by atoms with Crippen LogP contribution in [0, 0.1) is 0 Å². The summed E-state index contributed by atoms with van der Waals surface area (Å²) in [5, 5.41) is 0. The molecule has 26 heavy (non-hydrogen) atoms. The van der Waals surface area contributed by atoms with Crippen LogP contribution in [-0.4, -0.2) is 0 Å². The number of hydrogen-bond acceptors (Lipinski definition) is 0. The zero-order valence-electron chi connectivity index (χ0n) is 14.7. The van der Waals surface area contributed by atoms with Crippen molar-refractivity contribution in [3.63, 3.8) is 0 Å². The van der Waals surface area contributed by atoms with Gasteiger partial charge in [0.15, 0.2) is 37.9 Å². The van der Waals surface area contributed by atoms with Gasteiger partial charge in [-0.3, -0.25) is 0 Å². The first-order valence-electron chi connectivity index (χ1n) is 8.93. The fraction of sp³-hybridized carbons (Fsp3) is 0.0833. The summed E-state index contributed by atoms with van der Waals surface area (Å²) in [4.78, 5) is 0. The van der Waals surface area contributed by atoms with Gasteiger partial charge in [-0.15, -0.1) is 0 Å². The molecule has 0 aliphatic rings. The minimum absolute atomic E-state index is 0.884. The summed E-state index contributed by atoms with van der Waals surface area (Å²) in [5.41, 5.74) is 5.08. The molecule has 0 bridgehead atoms. The Bertz CT molecular complexity index is 962. The number of rotatable bonds is 5. The molecule has 0 N–H and O–H groups in total. The van der Waals surface area contributed by atoms with Crippen LogP contribution in [0.3, 0.4) is 0 Å². The number of nitrogens with zero attached hydrogens (tertiary/aromatic N) is 2. The van der Waals surface area contributed by atoms with Gasteiger partial charge in [-0.2, -0.15) is 0 Å². The van der Waals surface area contributed by atoms with Crippen molar-refractivity contribution in [2.24, 2.45) is 0 Å². The molecule has 0 saturated carbocycles. The van der Waals surface area contributed by atoms with Crippen LogP contribution in [0.15, 0.2) is 110 Å². The van der Waals surface area contributed by atoms with Gasteiger partial charge in [0.25, 0.3) is 0 Å². The minimum atomic E-state index is 0.884. The molecule has 0 radical (unpaired) electrons.